The molecule has 3 rings (SSSR count). The number of rotatable bonds is 1. The Morgan fingerprint density at radius 2 is 2.32 bits per heavy atom. The fourth-order valence-electron chi connectivity index (χ4n) is 2.60. The number of fused-ring (bicyclic) bond motifs is 2. The summed E-state index contributed by atoms with van der Waals surface area (Å²) >= 11 is 3.40. The summed E-state index contributed by atoms with van der Waals surface area (Å²) in [6.45, 7) is 2.64. The van der Waals surface area contributed by atoms with E-state index in [-0.39, 0.29) is 17.6 Å². The van der Waals surface area contributed by atoms with Crippen molar-refractivity contribution < 1.29 is 5.11 Å². The normalized spacial score (nSPS) is 22.5. The smallest absolute Gasteiger partial charge is 0.261 e. The summed E-state index contributed by atoms with van der Waals surface area (Å²) in [5.74, 6) is 0.821. The van der Waals surface area contributed by atoms with Gasteiger partial charge in [-0.2, -0.15) is 0 Å². The molecule has 0 saturated carbocycles. The van der Waals surface area contributed by atoms with Gasteiger partial charge >= 0.3 is 0 Å². The second-order valence-electron chi connectivity index (χ2n) is 5.55. The zero-order chi connectivity index (χ0) is 13.6. The molecule has 1 aliphatic rings. The van der Waals surface area contributed by atoms with E-state index in [1.165, 1.54) is 0 Å². The van der Waals surface area contributed by atoms with E-state index in [4.69, 9.17) is 0 Å². The first kappa shape index (κ1) is 12.8. The number of benzene rings is 1. The van der Waals surface area contributed by atoms with Crippen LogP contribution in [0.1, 0.15) is 19.2 Å². The molecular weight excluding hydrogens is 308 g/mol. The van der Waals surface area contributed by atoms with Crippen LogP contribution < -0.4 is 5.56 Å². The van der Waals surface area contributed by atoms with E-state index in [1.54, 1.807) is 10.6 Å². The molecule has 100 valence electrons. The van der Waals surface area contributed by atoms with E-state index in [0.29, 0.717) is 11.9 Å². The summed E-state index contributed by atoms with van der Waals surface area (Å²) in [4.78, 5) is 17.1. The highest BCUT2D eigenvalue weighted by molar-refractivity contribution is 9.10. The number of nitrogens with zero attached hydrogens (tertiary/aromatic N) is 2. The summed E-state index contributed by atoms with van der Waals surface area (Å²) in [5, 5.41) is 10.1. The molecule has 0 aliphatic carbocycles. The van der Waals surface area contributed by atoms with Gasteiger partial charge in [-0.3, -0.25) is 9.36 Å². The van der Waals surface area contributed by atoms with Gasteiger partial charge in [0.05, 0.1) is 17.5 Å². The SMILES string of the molecule is CC1(CO)CCc2nc3cc(Br)ccc3c(=O)n2C1. The van der Waals surface area contributed by atoms with Crippen LogP contribution in [0, 0.1) is 5.41 Å². The van der Waals surface area contributed by atoms with Gasteiger partial charge in [-0.15, -0.1) is 0 Å². The van der Waals surface area contributed by atoms with Gasteiger partial charge in [0.15, 0.2) is 0 Å². The largest absolute Gasteiger partial charge is 0.396 e. The molecule has 1 unspecified atom stereocenters. The average molecular weight is 323 g/mol. The third-order valence-corrected chi connectivity index (χ3v) is 4.36. The first-order valence-electron chi connectivity index (χ1n) is 6.32. The van der Waals surface area contributed by atoms with Crippen LogP contribution in [0.2, 0.25) is 0 Å². The van der Waals surface area contributed by atoms with Gasteiger partial charge in [-0.05, 0) is 24.6 Å². The lowest BCUT2D eigenvalue weighted by Gasteiger charge is -2.33. The lowest BCUT2D eigenvalue weighted by molar-refractivity contribution is 0.0980. The lowest BCUT2D eigenvalue weighted by Crippen LogP contribution is -2.39. The number of aryl methyl sites for hydroxylation is 1. The molecule has 0 amide bonds. The molecule has 1 atom stereocenters. The second kappa shape index (κ2) is 4.42. The third kappa shape index (κ3) is 2.11. The zero-order valence-electron chi connectivity index (χ0n) is 10.7. The highest BCUT2D eigenvalue weighted by Crippen LogP contribution is 2.30. The van der Waals surface area contributed by atoms with Crippen molar-refractivity contribution in [3.8, 4) is 0 Å². The lowest BCUT2D eigenvalue weighted by atomic mass is 9.83. The summed E-state index contributed by atoms with van der Waals surface area (Å²) in [5.41, 5.74) is 0.506. The van der Waals surface area contributed by atoms with Crippen molar-refractivity contribution in [3.05, 3.63) is 38.9 Å². The molecule has 4 nitrogen and oxygen atoms in total. The van der Waals surface area contributed by atoms with Crippen LogP contribution in [0.3, 0.4) is 0 Å². The molecule has 0 bridgehead atoms. The molecule has 0 spiro atoms. The van der Waals surface area contributed by atoms with Gasteiger partial charge in [-0.1, -0.05) is 22.9 Å². The summed E-state index contributed by atoms with van der Waals surface area (Å²) in [7, 11) is 0. The first-order chi connectivity index (χ1) is 9.02. The van der Waals surface area contributed by atoms with Crippen molar-refractivity contribution in [1.29, 1.82) is 0 Å². The maximum absolute atomic E-state index is 12.5. The molecular formula is C14H15BrN2O2. The number of aliphatic hydroxyl groups excluding tert-OH is 1. The molecule has 1 aromatic carbocycles. The molecule has 1 aromatic heterocycles. The Balaban J connectivity index is 2.23. The van der Waals surface area contributed by atoms with E-state index in [0.717, 1.165) is 28.7 Å². The van der Waals surface area contributed by atoms with E-state index < -0.39 is 0 Å². The Labute approximate surface area is 119 Å². The molecule has 2 aromatic rings. The van der Waals surface area contributed by atoms with Crippen molar-refractivity contribution in [2.45, 2.75) is 26.3 Å². The molecule has 0 fully saturated rings. The van der Waals surface area contributed by atoms with E-state index in [1.807, 2.05) is 19.1 Å². The Kier molecular flexibility index (Phi) is 2.98. The van der Waals surface area contributed by atoms with Crippen LogP contribution in [-0.4, -0.2) is 21.3 Å². The van der Waals surface area contributed by atoms with Crippen molar-refractivity contribution in [2.24, 2.45) is 5.41 Å². The van der Waals surface area contributed by atoms with Gasteiger partial charge in [0.2, 0.25) is 0 Å². The van der Waals surface area contributed by atoms with Crippen LogP contribution in [0.15, 0.2) is 27.5 Å². The van der Waals surface area contributed by atoms with Gasteiger partial charge in [-0.25, -0.2) is 4.98 Å². The van der Waals surface area contributed by atoms with Crippen LogP contribution in [0.25, 0.3) is 10.9 Å². The summed E-state index contributed by atoms with van der Waals surface area (Å²) in [6, 6.07) is 5.52. The molecule has 1 aliphatic heterocycles. The van der Waals surface area contributed by atoms with Gasteiger partial charge in [0.1, 0.15) is 5.82 Å². The standard InChI is InChI=1S/C14H15BrN2O2/c1-14(8-18)5-4-12-16-11-6-9(15)2-3-10(11)13(19)17(12)7-14/h2-3,6,18H,4-5,7-8H2,1H3. The van der Waals surface area contributed by atoms with Crippen molar-refractivity contribution >= 4 is 26.8 Å². The zero-order valence-corrected chi connectivity index (χ0v) is 12.3. The van der Waals surface area contributed by atoms with Gasteiger partial charge < -0.3 is 5.11 Å². The maximum atomic E-state index is 12.5. The van der Waals surface area contributed by atoms with Gasteiger partial charge in [0.25, 0.3) is 5.56 Å². The van der Waals surface area contributed by atoms with Crippen molar-refractivity contribution in [3.63, 3.8) is 0 Å². The van der Waals surface area contributed by atoms with Crippen LogP contribution in [0.5, 0.6) is 0 Å². The van der Waals surface area contributed by atoms with Crippen LogP contribution >= 0.6 is 15.9 Å². The number of halogens is 1. The van der Waals surface area contributed by atoms with E-state index in [9.17, 15) is 9.90 Å². The van der Waals surface area contributed by atoms with Crippen molar-refractivity contribution in [2.75, 3.05) is 6.61 Å². The molecule has 19 heavy (non-hydrogen) atoms. The minimum absolute atomic E-state index is 0.00752. The molecule has 1 N–H and O–H groups in total. The Hall–Kier alpha value is -1.20. The second-order valence-corrected chi connectivity index (χ2v) is 6.47. The Morgan fingerprint density at radius 1 is 1.53 bits per heavy atom. The number of aliphatic hydroxyl groups is 1. The topological polar surface area (TPSA) is 55.1 Å². The highest BCUT2D eigenvalue weighted by Gasteiger charge is 2.30. The first-order valence-corrected chi connectivity index (χ1v) is 7.12. The van der Waals surface area contributed by atoms with Gasteiger partial charge in [0, 0.05) is 22.9 Å². The van der Waals surface area contributed by atoms with E-state index in [2.05, 4.69) is 20.9 Å². The van der Waals surface area contributed by atoms with Crippen molar-refractivity contribution in [1.82, 2.24) is 9.55 Å². The quantitative estimate of drug-likeness (QED) is 0.874. The molecule has 0 saturated heterocycles. The number of aromatic nitrogens is 2. The maximum Gasteiger partial charge on any atom is 0.261 e. The predicted octanol–water partition coefficient (Wildman–Crippen LogP) is 2.10. The summed E-state index contributed by atoms with van der Waals surface area (Å²) in [6.07, 6.45) is 1.59. The monoisotopic (exact) mass is 322 g/mol. The van der Waals surface area contributed by atoms with Crippen LogP contribution in [-0.2, 0) is 13.0 Å². The minimum Gasteiger partial charge on any atom is -0.396 e. The average Bonchev–Trinajstić information content (AvgIpc) is 2.40. The highest BCUT2D eigenvalue weighted by atomic mass is 79.9. The molecule has 5 heteroatoms. The molecule has 2 heterocycles. The fraction of sp³-hybridized carbons (Fsp3) is 0.429. The third-order valence-electron chi connectivity index (χ3n) is 3.87. The minimum atomic E-state index is -0.221. The number of hydrogen-bond acceptors (Lipinski definition) is 3. The summed E-state index contributed by atoms with van der Waals surface area (Å²) < 4.78 is 2.64. The van der Waals surface area contributed by atoms with E-state index >= 15 is 0 Å². The van der Waals surface area contributed by atoms with Crippen LogP contribution in [0.4, 0.5) is 0 Å². The Morgan fingerprint density at radius 3 is 3.05 bits per heavy atom. The Bertz CT molecular complexity index is 710. The predicted molar refractivity (Wildman–Crippen MR) is 77.2 cm³/mol. The number of hydrogen-bond donors (Lipinski definition) is 1. The molecule has 0 radical (unpaired) electrons. The fourth-order valence-corrected chi connectivity index (χ4v) is 2.95.